The van der Waals surface area contributed by atoms with Crippen molar-refractivity contribution in [1.29, 1.82) is 0 Å². The second-order valence-corrected chi connectivity index (χ2v) is 19.7. The first-order chi connectivity index (χ1) is 24.3. The highest BCUT2D eigenvalue weighted by atomic mass is 35.5. The predicted octanol–water partition coefficient (Wildman–Crippen LogP) is 9.19. The first kappa shape index (κ1) is 41.2. The van der Waals surface area contributed by atoms with Crippen molar-refractivity contribution in [1.82, 2.24) is 20.1 Å². The molecule has 2 heterocycles. The number of carbonyl (C=O) groups is 2. The molecular formula is C37H41ClF5N5O4Si. The van der Waals surface area contributed by atoms with Crippen LogP contribution in [0.1, 0.15) is 64.5 Å². The summed E-state index contributed by atoms with van der Waals surface area (Å²) < 4.78 is 77.3. The standard InChI is InChI=1S/C37H41ClF5N5O4Si/c1-10-48(33(49)37(41,42)43)32-29-27(38)14-13-26(31(29)47(7)46-32)25-12-11-24(15-16-36(5,6)52-53(8,9)35(2,3)4)44-30(25)28(45-34(50)51)19-21-17-22(39)20-23(40)18-21/h11-14,17-18,20,28,45H,10,19H2,1-9H3,(H,50,51). The van der Waals surface area contributed by atoms with Gasteiger partial charge in [-0.1, -0.05) is 44.4 Å². The molecule has 0 aliphatic heterocycles. The average molecular weight is 778 g/mol. The maximum Gasteiger partial charge on any atom is 0.471 e. The Kier molecular flexibility index (Phi) is 11.7. The van der Waals surface area contributed by atoms with Gasteiger partial charge in [-0.25, -0.2) is 18.6 Å². The van der Waals surface area contributed by atoms with Crippen LogP contribution in [0, 0.1) is 23.5 Å². The van der Waals surface area contributed by atoms with E-state index in [9.17, 15) is 36.6 Å². The Morgan fingerprint density at radius 2 is 1.64 bits per heavy atom. The number of carboxylic acid groups (broad SMARTS) is 1. The van der Waals surface area contributed by atoms with Gasteiger partial charge in [0.1, 0.15) is 22.9 Å². The molecular weight excluding hydrogens is 737 g/mol. The molecule has 16 heteroatoms. The van der Waals surface area contributed by atoms with Gasteiger partial charge in [0.25, 0.3) is 0 Å². The van der Waals surface area contributed by atoms with Gasteiger partial charge >= 0.3 is 18.2 Å². The minimum absolute atomic E-state index is 0.00307. The van der Waals surface area contributed by atoms with Crippen molar-refractivity contribution >= 4 is 48.6 Å². The molecule has 4 rings (SSSR count). The number of anilines is 1. The van der Waals surface area contributed by atoms with Crippen LogP contribution >= 0.6 is 11.6 Å². The van der Waals surface area contributed by atoms with E-state index in [2.05, 4.69) is 56.1 Å². The number of halogens is 6. The Hall–Kier alpha value is -4.52. The third-order valence-corrected chi connectivity index (χ3v) is 13.9. The molecule has 0 spiro atoms. The van der Waals surface area contributed by atoms with Crippen molar-refractivity contribution in [2.45, 2.75) is 83.9 Å². The molecule has 1 unspecified atom stereocenters. The van der Waals surface area contributed by atoms with E-state index in [-0.39, 0.29) is 62.3 Å². The highest BCUT2D eigenvalue weighted by molar-refractivity contribution is 6.74. The lowest BCUT2D eigenvalue weighted by atomic mass is 9.93. The Morgan fingerprint density at radius 3 is 2.19 bits per heavy atom. The van der Waals surface area contributed by atoms with Gasteiger partial charge in [-0.15, -0.1) is 0 Å². The third kappa shape index (κ3) is 9.35. The van der Waals surface area contributed by atoms with Crippen LogP contribution < -0.4 is 10.2 Å². The van der Waals surface area contributed by atoms with E-state index in [1.54, 1.807) is 18.2 Å². The summed E-state index contributed by atoms with van der Waals surface area (Å²) >= 11 is 6.57. The number of nitrogens with one attached hydrogen (secondary N) is 1. The number of hydrogen-bond acceptors (Lipinski definition) is 5. The van der Waals surface area contributed by atoms with Crippen LogP contribution in [0.4, 0.5) is 32.6 Å². The fraction of sp³-hybridized carbons (Fsp3) is 0.405. The first-order valence-corrected chi connectivity index (χ1v) is 19.9. The number of rotatable bonds is 9. The molecule has 1 atom stereocenters. The van der Waals surface area contributed by atoms with Crippen LogP contribution in [-0.2, 0) is 22.7 Å². The molecule has 0 saturated carbocycles. The normalized spacial score (nSPS) is 13.0. The number of aromatic nitrogens is 3. The molecule has 0 bridgehead atoms. The maximum atomic E-state index is 14.3. The number of pyridine rings is 1. The van der Waals surface area contributed by atoms with Crippen molar-refractivity contribution in [2.75, 3.05) is 11.4 Å². The Bertz CT molecular complexity index is 2100. The molecule has 2 aromatic carbocycles. The van der Waals surface area contributed by atoms with E-state index < -0.39 is 49.8 Å². The summed E-state index contributed by atoms with van der Waals surface area (Å²) in [6.07, 6.45) is -6.92. The molecule has 4 aromatic rings. The number of aryl methyl sites for hydroxylation is 1. The molecule has 2 aromatic heterocycles. The fourth-order valence-electron chi connectivity index (χ4n) is 5.70. The zero-order valence-corrected chi connectivity index (χ0v) is 32.5. The molecule has 53 heavy (non-hydrogen) atoms. The summed E-state index contributed by atoms with van der Waals surface area (Å²) in [6.45, 7) is 15.1. The topological polar surface area (TPSA) is 110 Å². The van der Waals surface area contributed by atoms with Crippen molar-refractivity contribution in [3.8, 4) is 23.0 Å². The summed E-state index contributed by atoms with van der Waals surface area (Å²) in [7, 11) is -0.804. The van der Waals surface area contributed by atoms with E-state index in [0.29, 0.717) is 16.5 Å². The largest absolute Gasteiger partial charge is 0.471 e. The second-order valence-electron chi connectivity index (χ2n) is 14.5. The molecule has 0 aliphatic carbocycles. The summed E-state index contributed by atoms with van der Waals surface area (Å²) in [5, 5.41) is 16.5. The minimum Gasteiger partial charge on any atom is -0.465 e. The highest BCUT2D eigenvalue weighted by Gasteiger charge is 2.44. The number of amides is 2. The number of nitrogens with zero attached hydrogens (tertiary/aromatic N) is 4. The predicted molar refractivity (Wildman–Crippen MR) is 196 cm³/mol. The van der Waals surface area contributed by atoms with Crippen molar-refractivity contribution in [3.63, 3.8) is 0 Å². The Labute approximate surface area is 310 Å². The van der Waals surface area contributed by atoms with E-state index >= 15 is 0 Å². The van der Waals surface area contributed by atoms with Crippen LogP contribution in [0.3, 0.4) is 0 Å². The lowest BCUT2D eigenvalue weighted by Crippen LogP contribution is -2.47. The van der Waals surface area contributed by atoms with Gasteiger partial charge in [0.05, 0.1) is 27.7 Å². The number of hydrogen-bond donors (Lipinski definition) is 2. The number of alkyl halides is 3. The van der Waals surface area contributed by atoms with Gasteiger partial charge < -0.3 is 14.8 Å². The van der Waals surface area contributed by atoms with Gasteiger partial charge in [0, 0.05) is 30.8 Å². The van der Waals surface area contributed by atoms with Gasteiger partial charge in [-0.05, 0) is 87.1 Å². The zero-order chi connectivity index (χ0) is 39.8. The average Bonchev–Trinajstić information content (AvgIpc) is 3.35. The molecule has 0 aliphatic rings. The van der Waals surface area contributed by atoms with E-state index in [1.165, 1.54) is 24.7 Å². The quantitative estimate of drug-likeness (QED) is 0.0997. The summed E-state index contributed by atoms with van der Waals surface area (Å²) in [5.41, 5.74) is 0.296. The van der Waals surface area contributed by atoms with Gasteiger partial charge in [-0.3, -0.25) is 14.4 Å². The van der Waals surface area contributed by atoms with Gasteiger partial charge in [0.15, 0.2) is 14.1 Å². The zero-order valence-electron chi connectivity index (χ0n) is 30.8. The van der Waals surface area contributed by atoms with E-state index in [4.69, 9.17) is 21.0 Å². The summed E-state index contributed by atoms with van der Waals surface area (Å²) in [6, 6.07) is 7.74. The lowest BCUT2D eigenvalue weighted by Gasteiger charge is -2.40. The smallest absolute Gasteiger partial charge is 0.465 e. The minimum atomic E-state index is -5.20. The van der Waals surface area contributed by atoms with Crippen LogP contribution in [-0.4, -0.2) is 58.5 Å². The van der Waals surface area contributed by atoms with Crippen LogP contribution in [0.2, 0.25) is 23.2 Å². The van der Waals surface area contributed by atoms with Crippen LogP contribution in [0.5, 0.6) is 0 Å². The molecule has 2 amide bonds. The molecule has 0 radical (unpaired) electrons. The molecule has 2 N–H and O–H groups in total. The fourth-order valence-corrected chi connectivity index (χ4v) is 7.57. The van der Waals surface area contributed by atoms with E-state index in [1.807, 2.05) is 13.8 Å². The van der Waals surface area contributed by atoms with Crippen molar-refractivity contribution < 1.29 is 41.1 Å². The second kappa shape index (κ2) is 15.1. The van der Waals surface area contributed by atoms with Crippen molar-refractivity contribution in [3.05, 3.63) is 76.1 Å². The number of carbonyl (C=O) groups excluding carboxylic acids is 1. The summed E-state index contributed by atoms with van der Waals surface area (Å²) in [4.78, 5) is 29.9. The molecule has 0 saturated heterocycles. The van der Waals surface area contributed by atoms with Crippen LogP contribution in [0.25, 0.3) is 22.0 Å². The lowest BCUT2D eigenvalue weighted by molar-refractivity contribution is -0.170. The molecule has 0 fully saturated rings. The Morgan fingerprint density at radius 1 is 1.04 bits per heavy atom. The first-order valence-electron chi connectivity index (χ1n) is 16.6. The number of fused-ring (bicyclic) bond motifs is 1. The van der Waals surface area contributed by atoms with Gasteiger partial charge in [-0.2, -0.15) is 18.3 Å². The Balaban J connectivity index is 2.00. The number of benzene rings is 2. The van der Waals surface area contributed by atoms with Gasteiger partial charge in [0.2, 0.25) is 0 Å². The maximum absolute atomic E-state index is 14.3. The highest BCUT2D eigenvalue weighted by Crippen LogP contribution is 2.42. The summed E-state index contributed by atoms with van der Waals surface area (Å²) in [5.74, 6) is 1.94. The molecule has 9 nitrogen and oxygen atoms in total. The van der Waals surface area contributed by atoms with Crippen molar-refractivity contribution in [2.24, 2.45) is 7.05 Å². The third-order valence-electron chi connectivity index (χ3n) is 8.99. The molecule has 284 valence electrons. The monoisotopic (exact) mass is 777 g/mol. The SMILES string of the molecule is CCN(C(=O)C(F)(F)F)c1nn(C)c2c(-c3ccc(C#CC(C)(C)O[Si](C)(C)C(C)(C)C)nc3C(Cc3cc(F)cc(F)c3)NC(=O)O)ccc(Cl)c12. The van der Waals surface area contributed by atoms with E-state index in [0.717, 1.165) is 12.1 Å². The van der Waals surface area contributed by atoms with Crippen LogP contribution in [0.15, 0.2) is 42.5 Å².